The van der Waals surface area contributed by atoms with Crippen molar-refractivity contribution in [2.24, 2.45) is 0 Å². The van der Waals surface area contributed by atoms with E-state index in [1.165, 1.54) is 6.42 Å². The van der Waals surface area contributed by atoms with Crippen LogP contribution in [0.3, 0.4) is 0 Å². The van der Waals surface area contributed by atoms with Gasteiger partial charge in [-0.05, 0) is 50.9 Å². The topological polar surface area (TPSA) is 79.4 Å². The average Bonchev–Trinajstić information content (AvgIpc) is 2.85. The lowest BCUT2D eigenvalue weighted by Crippen LogP contribution is -2.25. The Morgan fingerprint density at radius 1 is 1.17 bits per heavy atom. The highest BCUT2D eigenvalue weighted by molar-refractivity contribution is 6.03. The standard InChI is InChI=1S/C28H35N5O2/c1-4-33(5-2)16-10-15-27(34)32-25-17-23-24(18-26(25)35-22-13-9-14-22)29-19-30-28(23)31-20(3)21-11-7-6-8-12-21/h6-8,10-12,15,17-20,22H,4-5,9,13-14,16H2,1-3H3,(H,32,34)(H,29,30,31)/t20-/m1/s1. The van der Waals surface area contributed by atoms with E-state index in [4.69, 9.17) is 4.74 Å². The molecule has 1 heterocycles. The Bertz CT molecular complexity index is 1160. The first-order valence-corrected chi connectivity index (χ1v) is 12.5. The van der Waals surface area contributed by atoms with Crippen molar-refractivity contribution < 1.29 is 9.53 Å². The number of amides is 1. The van der Waals surface area contributed by atoms with E-state index >= 15 is 0 Å². The lowest BCUT2D eigenvalue weighted by Gasteiger charge is -2.27. The second kappa shape index (κ2) is 11.8. The van der Waals surface area contributed by atoms with Crippen molar-refractivity contribution in [3.8, 4) is 5.75 Å². The monoisotopic (exact) mass is 473 g/mol. The van der Waals surface area contributed by atoms with E-state index in [1.54, 1.807) is 12.4 Å². The number of hydrogen-bond acceptors (Lipinski definition) is 6. The van der Waals surface area contributed by atoms with Gasteiger partial charge in [0.15, 0.2) is 0 Å². The van der Waals surface area contributed by atoms with E-state index in [-0.39, 0.29) is 18.1 Å². The summed E-state index contributed by atoms with van der Waals surface area (Å²) in [4.78, 5) is 24.0. The molecule has 1 aromatic heterocycles. The Balaban J connectivity index is 1.60. The maximum atomic E-state index is 12.8. The van der Waals surface area contributed by atoms with Gasteiger partial charge in [-0.1, -0.05) is 50.3 Å². The predicted molar refractivity (Wildman–Crippen MR) is 142 cm³/mol. The second-order valence-corrected chi connectivity index (χ2v) is 8.91. The van der Waals surface area contributed by atoms with Crippen LogP contribution in [-0.2, 0) is 4.79 Å². The Morgan fingerprint density at radius 2 is 1.94 bits per heavy atom. The van der Waals surface area contributed by atoms with Gasteiger partial charge < -0.3 is 20.3 Å². The number of likely N-dealkylation sites (N-methyl/N-ethyl adjacent to an activating group) is 1. The van der Waals surface area contributed by atoms with Gasteiger partial charge in [-0.25, -0.2) is 9.97 Å². The number of aromatic nitrogens is 2. The van der Waals surface area contributed by atoms with E-state index in [9.17, 15) is 4.79 Å². The van der Waals surface area contributed by atoms with E-state index in [0.717, 1.165) is 48.9 Å². The summed E-state index contributed by atoms with van der Waals surface area (Å²) in [5.41, 5.74) is 2.57. The SMILES string of the molecule is CCN(CC)CC=CC(=O)Nc1cc2c(N[C@H](C)c3ccccc3)ncnc2cc1OC1CCC1. The molecule has 1 amide bonds. The molecule has 0 saturated heterocycles. The van der Waals surface area contributed by atoms with Crippen LogP contribution in [0.4, 0.5) is 11.5 Å². The predicted octanol–water partition coefficient (Wildman–Crippen LogP) is 5.57. The Kier molecular flexibility index (Phi) is 8.32. The number of benzene rings is 2. The van der Waals surface area contributed by atoms with Crippen molar-refractivity contribution in [1.29, 1.82) is 0 Å². The number of anilines is 2. The zero-order valence-corrected chi connectivity index (χ0v) is 20.8. The van der Waals surface area contributed by atoms with Crippen LogP contribution in [0.5, 0.6) is 5.75 Å². The highest BCUT2D eigenvalue weighted by Crippen LogP contribution is 2.36. The number of nitrogens with zero attached hydrogens (tertiary/aromatic N) is 3. The van der Waals surface area contributed by atoms with Gasteiger partial charge in [0.2, 0.25) is 5.91 Å². The molecular formula is C28H35N5O2. The number of hydrogen-bond donors (Lipinski definition) is 2. The van der Waals surface area contributed by atoms with E-state index in [0.29, 0.717) is 17.3 Å². The fourth-order valence-electron chi connectivity index (χ4n) is 4.06. The van der Waals surface area contributed by atoms with Crippen molar-refractivity contribution in [2.75, 3.05) is 30.3 Å². The van der Waals surface area contributed by atoms with Crippen LogP contribution in [0.2, 0.25) is 0 Å². The summed E-state index contributed by atoms with van der Waals surface area (Å²) in [5, 5.41) is 7.36. The Morgan fingerprint density at radius 3 is 2.63 bits per heavy atom. The van der Waals surface area contributed by atoms with Crippen molar-refractivity contribution in [3.63, 3.8) is 0 Å². The molecule has 1 fully saturated rings. The van der Waals surface area contributed by atoms with Crippen LogP contribution in [0.15, 0.2) is 60.9 Å². The zero-order chi connectivity index (χ0) is 24.6. The first kappa shape index (κ1) is 24.7. The minimum absolute atomic E-state index is 0.0567. The van der Waals surface area contributed by atoms with Gasteiger partial charge in [-0.15, -0.1) is 0 Å². The molecule has 7 nitrogen and oxygen atoms in total. The number of rotatable bonds is 11. The smallest absolute Gasteiger partial charge is 0.248 e. The molecule has 2 N–H and O–H groups in total. The summed E-state index contributed by atoms with van der Waals surface area (Å²) in [6.45, 7) is 8.96. The first-order valence-electron chi connectivity index (χ1n) is 12.5. The van der Waals surface area contributed by atoms with Gasteiger partial charge in [-0.3, -0.25) is 4.79 Å². The molecule has 7 heteroatoms. The summed E-state index contributed by atoms with van der Waals surface area (Å²) in [7, 11) is 0. The third kappa shape index (κ3) is 6.36. The normalized spacial score (nSPS) is 14.7. The largest absolute Gasteiger partial charge is 0.488 e. The summed E-state index contributed by atoms with van der Waals surface area (Å²) < 4.78 is 6.23. The summed E-state index contributed by atoms with van der Waals surface area (Å²) in [5.74, 6) is 1.18. The Hall–Kier alpha value is -3.45. The van der Waals surface area contributed by atoms with Crippen LogP contribution >= 0.6 is 0 Å². The lowest BCUT2D eigenvalue weighted by molar-refractivity contribution is -0.111. The molecule has 35 heavy (non-hydrogen) atoms. The molecule has 184 valence electrons. The van der Waals surface area contributed by atoms with Gasteiger partial charge in [-0.2, -0.15) is 0 Å². The number of ether oxygens (including phenoxy) is 1. The third-order valence-corrected chi connectivity index (χ3v) is 6.52. The number of carbonyl (C=O) groups excluding carboxylic acids is 1. The fraction of sp³-hybridized carbons (Fsp3) is 0.393. The lowest BCUT2D eigenvalue weighted by atomic mass is 9.96. The van der Waals surface area contributed by atoms with Crippen molar-refractivity contribution in [1.82, 2.24) is 14.9 Å². The molecular weight excluding hydrogens is 438 g/mol. The maximum absolute atomic E-state index is 12.8. The molecule has 0 spiro atoms. The third-order valence-electron chi connectivity index (χ3n) is 6.52. The molecule has 2 aromatic carbocycles. The number of carbonyl (C=O) groups is 1. The van der Waals surface area contributed by atoms with E-state index < -0.39 is 0 Å². The molecule has 1 aliphatic rings. The zero-order valence-electron chi connectivity index (χ0n) is 20.8. The summed E-state index contributed by atoms with van der Waals surface area (Å²) in [6, 6.07) is 14.1. The highest BCUT2D eigenvalue weighted by Gasteiger charge is 2.22. The minimum Gasteiger partial charge on any atom is -0.488 e. The second-order valence-electron chi connectivity index (χ2n) is 8.91. The molecule has 0 unspecified atom stereocenters. The van der Waals surface area contributed by atoms with Crippen molar-refractivity contribution >= 4 is 28.3 Å². The summed E-state index contributed by atoms with van der Waals surface area (Å²) >= 11 is 0. The van der Waals surface area contributed by atoms with Crippen molar-refractivity contribution in [3.05, 3.63) is 66.5 Å². The molecule has 4 rings (SSSR count). The molecule has 0 bridgehead atoms. The quantitative estimate of drug-likeness (QED) is 0.355. The molecule has 1 saturated carbocycles. The van der Waals surface area contributed by atoms with Gasteiger partial charge >= 0.3 is 0 Å². The van der Waals surface area contributed by atoms with Crippen LogP contribution < -0.4 is 15.4 Å². The van der Waals surface area contributed by atoms with E-state index in [2.05, 4.69) is 58.4 Å². The van der Waals surface area contributed by atoms with Crippen LogP contribution in [-0.4, -0.2) is 46.5 Å². The van der Waals surface area contributed by atoms with Gasteiger partial charge in [0.05, 0.1) is 17.3 Å². The molecule has 1 aliphatic carbocycles. The molecule has 1 atom stereocenters. The summed E-state index contributed by atoms with van der Waals surface area (Å²) in [6.07, 6.45) is 8.45. The Labute approximate surface area is 207 Å². The van der Waals surface area contributed by atoms with Crippen LogP contribution in [0, 0.1) is 0 Å². The number of fused-ring (bicyclic) bond motifs is 1. The van der Waals surface area contributed by atoms with Crippen LogP contribution in [0.1, 0.15) is 51.6 Å². The molecule has 0 aliphatic heterocycles. The molecule has 3 aromatic rings. The van der Waals surface area contributed by atoms with Gasteiger partial charge in [0.1, 0.15) is 17.9 Å². The van der Waals surface area contributed by atoms with Crippen LogP contribution in [0.25, 0.3) is 10.9 Å². The van der Waals surface area contributed by atoms with Gasteiger partial charge in [0, 0.05) is 30.1 Å². The maximum Gasteiger partial charge on any atom is 0.248 e. The van der Waals surface area contributed by atoms with E-state index in [1.807, 2.05) is 36.4 Å². The molecule has 0 radical (unpaired) electrons. The minimum atomic E-state index is -0.182. The van der Waals surface area contributed by atoms with Crippen molar-refractivity contribution in [2.45, 2.75) is 52.2 Å². The first-order chi connectivity index (χ1) is 17.1. The fourth-order valence-corrected chi connectivity index (χ4v) is 4.06. The average molecular weight is 474 g/mol. The number of nitrogens with one attached hydrogen (secondary N) is 2. The highest BCUT2D eigenvalue weighted by atomic mass is 16.5. The van der Waals surface area contributed by atoms with Gasteiger partial charge in [0.25, 0.3) is 0 Å².